The predicted octanol–water partition coefficient (Wildman–Crippen LogP) is 2.19. The van der Waals surface area contributed by atoms with Gasteiger partial charge in [-0.2, -0.15) is 0 Å². The van der Waals surface area contributed by atoms with Crippen molar-refractivity contribution in [2.75, 3.05) is 7.05 Å². The van der Waals surface area contributed by atoms with Crippen LogP contribution >= 0.6 is 0 Å². The number of H-pyrrole nitrogens is 1. The molecule has 1 unspecified atom stereocenters. The topological polar surface area (TPSA) is 63.3 Å². The van der Waals surface area contributed by atoms with Crippen molar-refractivity contribution in [1.82, 2.24) is 9.97 Å². The van der Waals surface area contributed by atoms with E-state index >= 15 is 0 Å². The van der Waals surface area contributed by atoms with Crippen LogP contribution in [0.15, 0.2) is 57.7 Å². The molecule has 0 fully saturated rings. The summed E-state index contributed by atoms with van der Waals surface area (Å²) in [5.74, 6) is 0.676. The van der Waals surface area contributed by atoms with Crippen LogP contribution in [0.1, 0.15) is 17.0 Å². The van der Waals surface area contributed by atoms with Crippen LogP contribution in [0.2, 0.25) is 0 Å². The van der Waals surface area contributed by atoms with Gasteiger partial charge in [-0.1, -0.05) is 36.4 Å². The number of fused-ring (bicyclic) bond motifs is 3. The summed E-state index contributed by atoms with van der Waals surface area (Å²) < 4.78 is 5.64. The minimum Gasteiger partial charge on any atom is -0.449 e. The van der Waals surface area contributed by atoms with Crippen LogP contribution < -0.4 is 10.5 Å². The Hall–Kier alpha value is -2.92. The van der Waals surface area contributed by atoms with Crippen molar-refractivity contribution in [3.63, 3.8) is 0 Å². The van der Waals surface area contributed by atoms with Gasteiger partial charge >= 0.3 is 0 Å². The van der Waals surface area contributed by atoms with Gasteiger partial charge in [0.05, 0.1) is 7.05 Å². The number of hydrogen-bond acceptors (Lipinski definition) is 3. The molecule has 0 radical (unpaired) electrons. The van der Waals surface area contributed by atoms with E-state index in [-0.39, 0.29) is 5.56 Å². The van der Waals surface area contributed by atoms with Crippen molar-refractivity contribution in [3.05, 3.63) is 75.8 Å². The third-order valence-electron chi connectivity index (χ3n) is 4.50. The smallest absolute Gasteiger partial charge is 0.294 e. The number of nitrogens with one attached hydrogen (secondary N) is 2. The summed E-state index contributed by atoms with van der Waals surface area (Å²) in [5.41, 5.74) is 3.98. The highest BCUT2D eigenvalue weighted by molar-refractivity contribution is 6.01. The molecular formula is C20H20N3O2+. The third kappa shape index (κ3) is 2.94. The molecule has 0 aliphatic carbocycles. The van der Waals surface area contributed by atoms with E-state index in [4.69, 9.17) is 4.42 Å². The lowest BCUT2D eigenvalue weighted by atomic mass is 10.1. The molecule has 2 N–H and O–H groups in total. The van der Waals surface area contributed by atoms with Gasteiger partial charge in [-0.05, 0) is 24.6 Å². The van der Waals surface area contributed by atoms with E-state index < -0.39 is 0 Å². The molecule has 2 heterocycles. The van der Waals surface area contributed by atoms with E-state index in [1.807, 2.05) is 30.3 Å². The molecule has 0 spiro atoms. The number of hydrogen-bond donors (Lipinski definition) is 2. The lowest BCUT2D eigenvalue weighted by Crippen LogP contribution is -3.06. The van der Waals surface area contributed by atoms with Gasteiger partial charge in [-0.25, -0.2) is 4.98 Å². The second-order valence-corrected chi connectivity index (χ2v) is 6.53. The number of aromatic amines is 1. The Morgan fingerprint density at radius 2 is 1.84 bits per heavy atom. The lowest BCUT2D eigenvalue weighted by Gasteiger charge is -2.14. The van der Waals surface area contributed by atoms with Crippen LogP contribution in [0.5, 0.6) is 0 Å². The first-order valence-electron chi connectivity index (χ1n) is 8.38. The van der Waals surface area contributed by atoms with E-state index in [2.05, 4.69) is 42.1 Å². The van der Waals surface area contributed by atoms with Crippen molar-refractivity contribution in [2.24, 2.45) is 0 Å². The summed E-state index contributed by atoms with van der Waals surface area (Å²) in [6, 6.07) is 16.0. The zero-order chi connectivity index (χ0) is 17.4. The van der Waals surface area contributed by atoms with Crippen LogP contribution in [-0.4, -0.2) is 17.0 Å². The first kappa shape index (κ1) is 15.6. The van der Waals surface area contributed by atoms with Crippen LogP contribution in [0.4, 0.5) is 0 Å². The van der Waals surface area contributed by atoms with Crippen LogP contribution in [-0.2, 0) is 13.1 Å². The van der Waals surface area contributed by atoms with E-state index in [0.29, 0.717) is 29.1 Å². The molecule has 4 rings (SSSR count). The Morgan fingerprint density at radius 3 is 2.68 bits per heavy atom. The van der Waals surface area contributed by atoms with Crippen molar-refractivity contribution in [1.29, 1.82) is 0 Å². The summed E-state index contributed by atoms with van der Waals surface area (Å²) in [6.07, 6.45) is 0. The van der Waals surface area contributed by atoms with Gasteiger partial charge in [0.1, 0.15) is 24.2 Å². The molecule has 126 valence electrons. The van der Waals surface area contributed by atoms with Gasteiger partial charge in [0, 0.05) is 10.9 Å². The maximum absolute atomic E-state index is 12.4. The monoisotopic (exact) mass is 334 g/mol. The van der Waals surface area contributed by atoms with Gasteiger partial charge < -0.3 is 14.3 Å². The number of quaternary nitrogens is 1. The highest BCUT2D eigenvalue weighted by atomic mass is 16.3. The molecule has 0 aliphatic heterocycles. The van der Waals surface area contributed by atoms with Gasteiger partial charge in [-0.3, -0.25) is 4.79 Å². The number of benzene rings is 2. The van der Waals surface area contributed by atoms with Crippen molar-refractivity contribution >= 4 is 22.1 Å². The fraction of sp³-hybridized carbons (Fsp3) is 0.200. The van der Waals surface area contributed by atoms with Crippen molar-refractivity contribution in [3.8, 4) is 0 Å². The summed E-state index contributed by atoms with van der Waals surface area (Å²) >= 11 is 0. The number of rotatable bonds is 4. The molecule has 25 heavy (non-hydrogen) atoms. The molecule has 2 aromatic heterocycles. The molecule has 0 bridgehead atoms. The minimum atomic E-state index is -0.222. The second kappa shape index (κ2) is 6.18. The molecular weight excluding hydrogens is 314 g/mol. The van der Waals surface area contributed by atoms with Crippen molar-refractivity contribution < 1.29 is 9.32 Å². The first-order valence-corrected chi connectivity index (χ1v) is 8.38. The molecule has 4 aromatic rings. The molecule has 1 atom stereocenters. The molecule has 0 saturated carbocycles. The number of aryl methyl sites for hydroxylation is 1. The Labute approximate surface area is 144 Å². The second-order valence-electron chi connectivity index (χ2n) is 6.53. The Bertz CT molecular complexity index is 1110. The van der Waals surface area contributed by atoms with E-state index in [0.717, 1.165) is 11.9 Å². The SMILES string of the molecule is Cc1ccccc1C[NH+](C)Cc1nc2c(oc3ccccc32)c(=O)[nH]1. The molecule has 0 aliphatic rings. The van der Waals surface area contributed by atoms with Gasteiger partial charge in [0.2, 0.25) is 5.58 Å². The van der Waals surface area contributed by atoms with Crippen LogP contribution in [0.3, 0.4) is 0 Å². The Morgan fingerprint density at radius 1 is 1.08 bits per heavy atom. The van der Waals surface area contributed by atoms with E-state index in [9.17, 15) is 4.79 Å². The molecule has 2 aromatic carbocycles. The minimum absolute atomic E-state index is 0.222. The fourth-order valence-electron chi connectivity index (χ4n) is 3.21. The number of para-hydroxylation sites is 1. The Balaban J connectivity index is 1.66. The first-order chi connectivity index (χ1) is 12.1. The van der Waals surface area contributed by atoms with Crippen LogP contribution in [0, 0.1) is 6.92 Å². The summed E-state index contributed by atoms with van der Waals surface area (Å²) in [4.78, 5) is 21.1. The lowest BCUT2D eigenvalue weighted by molar-refractivity contribution is -0.908. The molecule has 0 amide bonds. The normalized spacial score (nSPS) is 12.7. The zero-order valence-electron chi connectivity index (χ0n) is 14.3. The zero-order valence-corrected chi connectivity index (χ0v) is 14.3. The quantitative estimate of drug-likeness (QED) is 0.601. The van der Waals surface area contributed by atoms with Crippen LogP contribution in [0.25, 0.3) is 22.1 Å². The summed E-state index contributed by atoms with van der Waals surface area (Å²) in [6.45, 7) is 3.63. The highest BCUT2D eigenvalue weighted by Crippen LogP contribution is 2.24. The van der Waals surface area contributed by atoms with Gasteiger partial charge in [-0.15, -0.1) is 0 Å². The number of nitrogens with zero attached hydrogens (tertiary/aromatic N) is 1. The maximum atomic E-state index is 12.4. The third-order valence-corrected chi connectivity index (χ3v) is 4.50. The van der Waals surface area contributed by atoms with E-state index in [1.165, 1.54) is 16.0 Å². The van der Waals surface area contributed by atoms with Crippen molar-refractivity contribution in [2.45, 2.75) is 20.0 Å². The molecule has 0 saturated heterocycles. The Kier molecular flexibility index (Phi) is 3.86. The maximum Gasteiger partial charge on any atom is 0.294 e. The summed E-state index contributed by atoms with van der Waals surface area (Å²) in [7, 11) is 2.10. The number of aromatic nitrogens is 2. The number of furan rings is 1. The van der Waals surface area contributed by atoms with Gasteiger partial charge in [0.25, 0.3) is 5.56 Å². The molecule has 5 heteroatoms. The summed E-state index contributed by atoms with van der Waals surface area (Å²) in [5, 5.41) is 0.876. The largest absolute Gasteiger partial charge is 0.449 e. The van der Waals surface area contributed by atoms with E-state index in [1.54, 1.807) is 0 Å². The highest BCUT2D eigenvalue weighted by Gasteiger charge is 2.15. The standard InChI is InChI=1S/C20H19N3O2/c1-13-7-3-4-8-14(13)11-23(2)12-17-21-18-15-9-5-6-10-16(15)25-19(18)20(24)22-17/h3-10H,11-12H2,1-2H3,(H,21,22,24)/p+1. The molecule has 5 nitrogen and oxygen atoms in total. The predicted molar refractivity (Wildman–Crippen MR) is 97.6 cm³/mol. The average molecular weight is 334 g/mol. The average Bonchev–Trinajstić information content (AvgIpc) is 2.96. The fourth-order valence-corrected chi connectivity index (χ4v) is 3.21. The van der Waals surface area contributed by atoms with Gasteiger partial charge in [0.15, 0.2) is 5.82 Å².